The third kappa shape index (κ3) is 3.58. The first-order valence-corrected chi connectivity index (χ1v) is 5.90. The fraction of sp³-hybridized carbons (Fsp3) is 1.00. The average molecular weight is 198 g/mol. The lowest BCUT2D eigenvalue weighted by atomic mass is 9.77. The average Bonchev–Trinajstić information content (AvgIpc) is 2.07. The van der Waals surface area contributed by atoms with E-state index in [4.69, 9.17) is 11.5 Å². The highest BCUT2D eigenvalue weighted by atomic mass is 14.7. The third-order valence-corrected chi connectivity index (χ3v) is 3.59. The molecule has 0 aromatic rings. The Bertz CT molecular complexity index is 164. The van der Waals surface area contributed by atoms with Crippen LogP contribution in [0, 0.1) is 11.3 Å². The Morgan fingerprint density at radius 3 is 2.07 bits per heavy atom. The lowest BCUT2D eigenvalue weighted by molar-refractivity contribution is 0.228. The summed E-state index contributed by atoms with van der Waals surface area (Å²) in [7, 11) is 0. The van der Waals surface area contributed by atoms with Crippen LogP contribution in [0.5, 0.6) is 0 Å². The highest BCUT2D eigenvalue weighted by Gasteiger charge is 2.26. The molecule has 1 aliphatic rings. The van der Waals surface area contributed by atoms with Crippen molar-refractivity contribution in [3.8, 4) is 0 Å². The van der Waals surface area contributed by atoms with Crippen LogP contribution >= 0.6 is 0 Å². The van der Waals surface area contributed by atoms with Gasteiger partial charge in [0.2, 0.25) is 0 Å². The first kappa shape index (κ1) is 12.0. The van der Waals surface area contributed by atoms with Crippen LogP contribution in [0.25, 0.3) is 0 Å². The minimum absolute atomic E-state index is 0.250. The maximum Gasteiger partial charge on any atom is 0.00902 e. The van der Waals surface area contributed by atoms with Gasteiger partial charge in [0.15, 0.2) is 0 Å². The zero-order chi connectivity index (χ0) is 10.8. The number of nitrogens with two attached hydrogens (primary N) is 2. The summed E-state index contributed by atoms with van der Waals surface area (Å²) in [5.74, 6) is 0.823. The van der Waals surface area contributed by atoms with E-state index in [0.29, 0.717) is 12.1 Å². The normalized spacial score (nSPS) is 31.5. The summed E-state index contributed by atoms with van der Waals surface area (Å²) in [5.41, 5.74) is 12.3. The van der Waals surface area contributed by atoms with Crippen LogP contribution in [-0.4, -0.2) is 12.1 Å². The third-order valence-electron chi connectivity index (χ3n) is 3.59. The van der Waals surface area contributed by atoms with Crippen molar-refractivity contribution in [3.05, 3.63) is 0 Å². The van der Waals surface area contributed by atoms with E-state index in [2.05, 4.69) is 20.8 Å². The van der Waals surface area contributed by atoms with Crippen molar-refractivity contribution in [3.63, 3.8) is 0 Å². The molecule has 0 amide bonds. The van der Waals surface area contributed by atoms with Crippen LogP contribution in [0.1, 0.15) is 52.9 Å². The largest absolute Gasteiger partial charge is 0.328 e. The van der Waals surface area contributed by atoms with Crippen LogP contribution in [-0.2, 0) is 0 Å². The maximum absolute atomic E-state index is 6.18. The Balaban J connectivity index is 2.31. The van der Waals surface area contributed by atoms with Crippen LogP contribution < -0.4 is 11.5 Å². The minimum atomic E-state index is 0.250. The molecule has 1 rings (SSSR count). The summed E-state index contributed by atoms with van der Waals surface area (Å²) in [4.78, 5) is 0. The zero-order valence-electron chi connectivity index (χ0n) is 9.92. The molecule has 2 nitrogen and oxygen atoms in total. The molecule has 84 valence electrons. The van der Waals surface area contributed by atoms with Crippen molar-refractivity contribution in [1.82, 2.24) is 0 Å². The van der Waals surface area contributed by atoms with Crippen LogP contribution in [0.15, 0.2) is 0 Å². The van der Waals surface area contributed by atoms with E-state index in [9.17, 15) is 0 Å². The minimum Gasteiger partial charge on any atom is -0.328 e. The molecule has 0 radical (unpaired) electrons. The molecule has 1 atom stereocenters. The first-order valence-electron chi connectivity index (χ1n) is 5.90. The summed E-state index contributed by atoms with van der Waals surface area (Å²) in [6, 6.07) is 0.791. The summed E-state index contributed by atoms with van der Waals surface area (Å²) in [6.07, 6.45) is 6.13. The van der Waals surface area contributed by atoms with Gasteiger partial charge in [-0.25, -0.2) is 0 Å². The smallest absolute Gasteiger partial charge is 0.00902 e. The summed E-state index contributed by atoms with van der Waals surface area (Å²) in [5, 5.41) is 0. The molecule has 0 heterocycles. The molecule has 0 aromatic heterocycles. The Kier molecular flexibility index (Phi) is 3.96. The zero-order valence-corrected chi connectivity index (χ0v) is 9.92. The SMILES string of the molecule is CC(C)(C)C(N)CC1CCC(N)CC1. The molecule has 4 N–H and O–H groups in total. The van der Waals surface area contributed by atoms with Crippen molar-refractivity contribution in [2.75, 3.05) is 0 Å². The highest BCUT2D eigenvalue weighted by Crippen LogP contribution is 2.30. The van der Waals surface area contributed by atoms with E-state index in [1.54, 1.807) is 0 Å². The van der Waals surface area contributed by atoms with Gasteiger partial charge in [-0.15, -0.1) is 0 Å². The van der Waals surface area contributed by atoms with Gasteiger partial charge in [-0.1, -0.05) is 20.8 Å². The maximum atomic E-state index is 6.18. The van der Waals surface area contributed by atoms with E-state index < -0.39 is 0 Å². The van der Waals surface area contributed by atoms with E-state index in [1.807, 2.05) is 0 Å². The van der Waals surface area contributed by atoms with E-state index >= 15 is 0 Å². The Hall–Kier alpha value is -0.0800. The predicted molar refractivity (Wildman–Crippen MR) is 62.0 cm³/mol. The topological polar surface area (TPSA) is 52.0 Å². The molecule has 1 aliphatic carbocycles. The van der Waals surface area contributed by atoms with Crippen LogP contribution in [0.3, 0.4) is 0 Å². The van der Waals surface area contributed by atoms with E-state index in [0.717, 1.165) is 5.92 Å². The molecule has 1 fully saturated rings. The highest BCUT2D eigenvalue weighted by molar-refractivity contribution is 4.82. The summed E-state index contributed by atoms with van der Waals surface area (Å²) in [6.45, 7) is 6.69. The lowest BCUT2D eigenvalue weighted by Gasteiger charge is -2.33. The van der Waals surface area contributed by atoms with Crippen LogP contribution in [0.2, 0.25) is 0 Å². The number of hydrogen-bond donors (Lipinski definition) is 2. The molecule has 0 aliphatic heterocycles. The molecular weight excluding hydrogens is 172 g/mol. The van der Waals surface area contributed by atoms with Crippen molar-refractivity contribution in [2.45, 2.75) is 65.0 Å². The van der Waals surface area contributed by atoms with Gasteiger partial charge in [-0.05, 0) is 43.4 Å². The molecule has 1 saturated carbocycles. The molecule has 2 heteroatoms. The fourth-order valence-corrected chi connectivity index (χ4v) is 2.14. The van der Waals surface area contributed by atoms with Gasteiger partial charge in [-0.2, -0.15) is 0 Å². The standard InChI is InChI=1S/C12H26N2/c1-12(2,3)11(14)8-9-4-6-10(13)7-5-9/h9-11H,4-8,13-14H2,1-3H3. The van der Waals surface area contributed by atoms with Gasteiger partial charge in [0.1, 0.15) is 0 Å². The second kappa shape index (κ2) is 4.63. The Morgan fingerprint density at radius 2 is 1.64 bits per heavy atom. The number of rotatable bonds is 2. The molecule has 1 unspecified atom stereocenters. The fourth-order valence-electron chi connectivity index (χ4n) is 2.14. The van der Waals surface area contributed by atoms with Crippen LogP contribution in [0.4, 0.5) is 0 Å². The second-order valence-corrected chi connectivity index (χ2v) is 5.99. The lowest BCUT2D eigenvalue weighted by Crippen LogP contribution is -2.38. The first-order chi connectivity index (χ1) is 6.39. The predicted octanol–water partition coefficient (Wildman–Crippen LogP) is 2.27. The van der Waals surface area contributed by atoms with Crippen molar-refractivity contribution < 1.29 is 0 Å². The van der Waals surface area contributed by atoms with Gasteiger partial charge < -0.3 is 11.5 Å². The quantitative estimate of drug-likeness (QED) is 0.715. The van der Waals surface area contributed by atoms with Gasteiger partial charge in [0, 0.05) is 12.1 Å². The molecule has 14 heavy (non-hydrogen) atoms. The van der Waals surface area contributed by atoms with Crippen molar-refractivity contribution >= 4 is 0 Å². The summed E-state index contributed by atoms with van der Waals surface area (Å²) < 4.78 is 0. The second-order valence-electron chi connectivity index (χ2n) is 5.99. The Morgan fingerprint density at radius 1 is 1.14 bits per heavy atom. The molecule has 0 spiro atoms. The number of hydrogen-bond acceptors (Lipinski definition) is 2. The van der Waals surface area contributed by atoms with Gasteiger partial charge in [-0.3, -0.25) is 0 Å². The Labute approximate surface area is 88.4 Å². The van der Waals surface area contributed by atoms with Crippen molar-refractivity contribution in [1.29, 1.82) is 0 Å². The molecule has 0 saturated heterocycles. The molecular formula is C12H26N2. The van der Waals surface area contributed by atoms with Gasteiger partial charge in [0.25, 0.3) is 0 Å². The van der Waals surface area contributed by atoms with Gasteiger partial charge in [0.05, 0.1) is 0 Å². The summed E-state index contributed by atoms with van der Waals surface area (Å²) >= 11 is 0. The van der Waals surface area contributed by atoms with E-state index in [-0.39, 0.29) is 5.41 Å². The van der Waals surface area contributed by atoms with Crippen molar-refractivity contribution in [2.24, 2.45) is 22.8 Å². The monoisotopic (exact) mass is 198 g/mol. The molecule has 0 aromatic carbocycles. The molecule has 0 bridgehead atoms. The van der Waals surface area contributed by atoms with Gasteiger partial charge >= 0.3 is 0 Å². The van der Waals surface area contributed by atoms with E-state index in [1.165, 1.54) is 32.1 Å².